The maximum atomic E-state index is 11.5. The number of unbranched alkanes of at least 4 members (excludes halogenated alkanes) is 1. The van der Waals surface area contributed by atoms with Crippen LogP contribution in [0.25, 0.3) is 0 Å². The van der Waals surface area contributed by atoms with Crippen molar-refractivity contribution in [1.82, 2.24) is 5.32 Å². The summed E-state index contributed by atoms with van der Waals surface area (Å²) in [6.07, 6.45) is 1.81. The lowest BCUT2D eigenvalue weighted by molar-refractivity contribution is 0.169. The van der Waals surface area contributed by atoms with Crippen LogP contribution in [0.3, 0.4) is 0 Å². The lowest BCUT2D eigenvalue weighted by Crippen LogP contribution is -2.21. The second-order valence-corrected chi connectivity index (χ2v) is 5.82. The highest BCUT2D eigenvalue weighted by Crippen LogP contribution is 2.06. The minimum Gasteiger partial charge on any atom is -0.448 e. The Labute approximate surface area is 129 Å². The van der Waals surface area contributed by atoms with E-state index in [1.165, 1.54) is 11.8 Å². The van der Waals surface area contributed by atoms with Gasteiger partial charge in [0.15, 0.2) is 0 Å². The highest BCUT2D eigenvalue weighted by atomic mass is 32.2. The molecule has 1 amide bonds. The van der Waals surface area contributed by atoms with Crippen molar-refractivity contribution >= 4 is 40.1 Å². The monoisotopic (exact) mass is 312 g/mol. The van der Waals surface area contributed by atoms with E-state index < -0.39 is 6.09 Å². The molecule has 0 radical (unpaired) electrons. The first-order valence-corrected chi connectivity index (χ1v) is 8.01. The Morgan fingerprint density at radius 1 is 1.35 bits per heavy atom. The summed E-state index contributed by atoms with van der Waals surface area (Å²) < 4.78 is 5.82. The Morgan fingerprint density at radius 3 is 2.80 bits per heavy atom. The lowest BCUT2D eigenvalue weighted by Gasteiger charge is -2.08. The standard InChI is InChI=1S/C14H20N2O2S2/c1-2-3-9-15-14(19)20-11-10-18-13(17)16-12-7-5-4-6-8-12/h4-8H,2-3,9-11H2,1H3,(H,15,19)(H,16,17). The Morgan fingerprint density at radius 2 is 2.10 bits per heavy atom. The number of nitrogens with one attached hydrogen (secondary N) is 2. The van der Waals surface area contributed by atoms with Gasteiger partial charge in [-0.15, -0.1) is 0 Å². The van der Waals surface area contributed by atoms with Gasteiger partial charge in [-0.2, -0.15) is 0 Å². The minimum absolute atomic E-state index is 0.332. The smallest absolute Gasteiger partial charge is 0.411 e. The van der Waals surface area contributed by atoms with Gasteiger partial charge in [0, 0.05) is 18.0 Å². The predicted molar refractivity (Wildman–Crippen MR) is 89.4 cm³/mol. The molecule has 2 N–H and O–H groups in total. The maximum absolute atomic E-state index is 11.5. The molecule has 0 aliphatic heterocycles. The van der Waals surface area contributed by atoms with Gasteiger partial charge < -0.3 is 10.1 Å². The van der Waals surface area contributed by atoms with Crippen molar-refractivity contribution in [2.45, 2.75) is 19.8 Å². The van der Waals surface area contributed by atoms with Crippen molar-refractivity contribution in [2.75, 3.05) is 24.2 Å². The summed E-state index contributed by atoms with van der Waals surface area (Å²) >= 11 is 6.64. The largest absolute Gasteiger partial charge is 0.448 e. The van der Waals surface area contributed by atoms with Crippen LogP contribution in [-0.4, -0.2) is 29.3 Å². The van der Waals surface area contributed by atoms with E-state index in [2.05, 4.69) is 17.6 Å². The van der Waals surface area contributed by atoms with Crippen molar-refractivity contribution in [1.29, 1.82) is 0 Å². The fourth-order valence-electron chi connectivity index (χ4n) is 1.36. The molecule has 0 spiro atoms. The second-order valence-electron chi connectivity index (χ2n) is 4.04. The Kier molecular flexibility index (Phi) is 8.82. The maximum Gasteiger partial charge on any atom is 0.411 e. The molecule has 0 fully saturated rings. The summed E-state index contributed by atoms with van der Waals surface area (Å²) in [6, 6.07) is 9.21. The average molecular weight is 312 g/mol. The summed E-state index contributed by atoms with van der Waals surface area (Å²) in [5.74, 6) is 0.653. The predicted octanol–water partition coefficient (Wildman–Crippen LogP) is 3.64. The summed E-state index contributed by atoms with van der Waals surface area (Å²) in [7, 11) is 0. The number of rotatable bonds is 7. The van der Waals surface area contributed by atoms with E-state index >= 15 is 0 Å². The molecule has 0 aliphatic carbocycles. The summed E-state index contributed by atoms with van der Waals surface area (Å²) in [6.45, 7) is 3.37. The van der Waals surface area contributed by atoms with E-state index in [-0.39, 0.29) is 0 Å². The number of para-hydroxylation sites is 1. The molecule has 0 saturated heterocycles. The molecule has 6 heteroatoms. The van der Waals surface area contributed by atoms with Gasteiger partial charge in [-0.25, -0.2) is 4.79 Å². The van der Waals surface area contributed by atoms with Crippen LogP contribution < -0.4 is 10.6 Å². The van der Waals surface area contributed by atoms with Crippen LogP contribution in [0.5, 0.6) is 0 Å². The van der Waals surface area contributed by atoms with E-state index in [0.717, 1.165) is 29.4 Å². The zero-order valence-electron chi connectivity index (χ0n) is 11.6. The summed E-state index contributed by atoms with van der Waals surface area (Å²) in [5, 5.41) is 5.80. The molecule has 0 unspecified atom stereocenters. The molecule has 0 heterocycles. The van der Waals surface area contributed by atoms with Gasteiger partial charge in [-0.1, -0.05) is 55.5 Å². The van der Waals surface area contributed by atoms with Crippen molar-refractivity contribution in [3.63, 3.8) is 0 Å². The lowest BCUT2D eigenvalue weighted by atomic mass is 10.3. The SMILES string of the molecule is CCCCNC(=S)SCCOC(=O)Nc1ccccc1. The minimum atomic E-state index is -0.443. The number of ether oxygens (including phenoxy) is 1. The van der Waals surface area contributed by atoms with E-state index in [0.29, 0.717) is 12.4 Å². The molecule has 20 heavy (non-hydrogen) atoms. The number of amides is 1. The van der Waals surface area contributed by atoms with E-state index in [1.54, 1.807) is 0 Å². The molecule has 0 bridgehead atoms. The zero-order chi connectivity index (χ0) is 14.6. The molecule has 110 valence electrons. The third-order valence-corrected chi connectivity index (χ3v) is 3.64. The van der Waals surface area contributed by atoms with Crippen LogP contribution in [-0.2, 0) is 4.74 Å². The van der Waals surface area contributed by atoms with Gasteiger partial charge >= 0.3 is 6.09 Å². The fourth-order valence-corrected chi connectivity index (χ4v) is 2.27. The Hall–Kier alpha value is -1.27. The molecule has 1 aromatic rings. The van der Waals surface area contributed by atoms with Gasteiger partial charge in [0.1, 0.15) is 10.9 Å². The number of thioether (sulfide) groups is 1. The molecule has 1 rings (SSSR count). The van der Waals surface area contributed by atoms with Crippen LogP contribution in [0, 0.1) is 0 Å². The molecular formula is C14H20N2O2S2. The Balaban J connectivity index is 2.06. The first kappa shape index (κ1) is 16.8. The van der Waals surface area contributed by atoms with Gasteiger partial charge in [-0.05, 0) is 18.6 Å². The molecule has 4 nitrogen and oxygen atoms in total. The topological polar surface area (TPSA) is 50.4 Å². The number of thiocarbonyl (C=S) groups is 1. The zero-order valence-corrected chi connectivity index (χ0v) is 13.2. The van der Waals surface area contributed by atoms with Crippen LogP contribution in [0.1, 0.15) is 19.8 Å². The number of anilines is 1. The van der Waals surface area contributed by atoms with Crippen LogP contribution in [0.4, 0.5) is 10.5 Å². The average Bonchev–Trinajstić information content (AvgIpc) is 2.45. The van der Waals surface area contributed by atoms with Crippen LogP contribution in [0.15, 0.2) is 30.3 Å². The third kappa shape index (κ3) is 8.01. The number of benzene rings is 1. The summed E-state index contributed by atoms with van der Waals surface area (Å²) in [5.41, 5.74) is 0.724. The Bertz CT molecular complexity index is 413. The van der Waals surface area contributed by atoms with Gasteiger partial charge in [0.2, 0.25) is 0 Å². The number of hydrogen-bond donors (Lipinski definition) is 2. The quantitative estimate of drug-likeness (QED) is 0.594. The third-order valence-electron chi connectivity index (χ3n) is 2.37. The van der Waals surface area contributed by atoms with E-state index in [9.17, 15) is 4.79 Å². The second kappa shape index (κ2) is 10.5. The highest BCUT2D eigenvalue weighted by Gasteiger charge is 2.03. The van der Waals surface area contributed by atoms with E-state index in [1.807, 2.05) is 30.3 Å². The first-order valence-electron chi connectivity index (χ1n) is 6.62. The fraction of sp³-hybridized carbons (Fsp3) is 0.429. The van der Waals surface area contributed by atoms with Crippen molar-refractivity contribution in [2.24, 2.45) is 0 Å². The van der Waals surface area contributed by atoms with Crippen molar-refractivity contribution in [3.05, 3.63) is 30.3 Å². The molecular weight excluding hydrogens is 292 g/mol. The first-order chi connectivity index (χ1) is 9.72. The van der Waals surface area contributed by atoms with Gasteiger partial charge in [0.25, 0.3) is 0 Å². The molecule has 0 aromatic heterocycles. The number of carbonyl (C=O) groups excluding carboxylic acids is 1. The normalized spacial score (nSPS) is 9.85. The molecule has 0 saturated carbocycles. The highest BCUT2D eigenvalue weighted by molar-refractivity contribution is 8.22. The van der Waals surface area contributed by atoms with E-state index in [4.69, 9.17) is 17.0 Å². The van der Waals surface area contributed by atoms with Gasteiger partial charge in [0.05, 0.1) is 0 Å². The van der Waals surface area contributed by atoms with Crippen molar-refractivity contribution < 1.29 is 9.53 Å². The van der Waals surface area contributed by atoms with Crippen LogP contribution >= 0.6 is 24.0 Å². The molecule has 0 aliphatic rings. The van der Waals surface area contributed by atoms with Gasteiger partial charge in [-0.3, -0.25) is 5.32 Å². The molecule has 0 atom stereocenters. The number of hydrogen-bond acceptors (Lipinski definition) is 4. The molecule has 1 aromatic carbocycles. The van der Waals surface area contributed by atoms with Crippen LogP contribution in [0.2, 0.25) is 0 Å². The summed E-state index contributed by atoms with van der Waals surface area (Å²) in [4.78, 5) is 11.5. The van der Waals surface area contributed by atoms with Crippen molar-refractivity contribution in [3.8, 4) is 0 Å². The number of carbonyl (C=O) groups is 1.